The van der Waals surface area contributed by atoms with Gasteiger partial charge in [0.2, 0.25) is 5.91 Å². The molecule has 0 bridgehead atoms. The van der Waals surface area contributed by atoms with Crippen LogP contribution in [0.25, 0.3) is 0 Å². The van der Waals surface area contributed by atoms with Crippen LogP contribution in [-0.4, -0.2) is 23.4 Å². The third-order valence-electron chi connectivity index (χ3n) is 3.37. The van der Waals surface area contributed by atoms with Crippen LogP contribution in [0, 0.1) is 11.6 Å². The van der Waals surface area contributed by atoms with E-state index in [1.165, 1.54) is 11.0 Å². The lowest BCUT2D eigenvalue weighted by Crippen LogP contribution is -2.68. The Morgan fingerprint density at radius 2 is 1.90 bits per heavy atom. The van der Waals surface area contributed by atoms with Crippen molar-refractivity contribution < 1.29 is 18.4 Å². The highest BCUT2D eigenvalue weighted by molar-refractivity contribution is 6.10. The van der Waals surface area contributed by atoms with Gasteiger partial charge in [-0.2, -0.15) is 0 Å². The van der Waals surface area contributed by atoms with Gasteiger partial charge in [0.15, 0.2) is 11.6 Å². The van der Waals surface area contributed by atoms with E-state index in [4.69, 9.17) is 0 Å². The van der Waals surface area contributed by atoms with Gasteiger partial charge in [-0.1, -0.05) is 6.92 Å². The van der Waals surface area contributed by atoms with Crippen molar-refractivity contribution in [3.8, 4) is 0 Å². The molecule has 6 heteroatoms. The smallest absolute Gasteiger partial charge is 0.252 e. The quantitative estimate of drug-likeness (QED) is 0.901. The van der Waals surface area contributed by atoms with E-state index in [9.17, 15) is 18.4 Å². The number of nitrogens with zero attached hydrogens (tertiary/aromatic N) is 1. The molecule has 4 nitrogen and oxygen atoms in total. The summed E-state index contributed by atoms with van der Waals surface area (Å²) in [6, 6.07) is 2.46. The second-order valence-electron chi connectivity index (χ2n) is 5.31. The molecule has 2 rings (SSSR count). The lowest BCUT2D eigenvalue weighted by atomic mass is 9.95. The predicted octanol–water partition coefficient (Wildman–Crippen LogP) is 1.98. The van der Waals surface area contributed by atoms with Crippen molar-refractivity contribution in [2.24, 2.45) is 0 Å². The molecule has 1 N–H and O–H groups in total. The number of nitrogens with one attached hydrogen (secondary N) is 1. The van der Waals surface area contributed by atoms with E-state index < -0.39 is 23.2 Å². The Balaban J connectivity index is 2.51. The highest BCUT2D eigenvalue weighted by Gasteiger charge is 2.45. The van der Waals surface area contributed by atoms with E-state index in [0.29, 0.717) is 6.42 Å². The van der Waals surface area contributed by atoms with Crippen molar-refractivity contribution >= 4 is 17.5 Å². The van der Waals surface area contributed by atoms with Gasteiger partial charge in [-0.3, -0.25) is 14.5 Å². The second-order valence-corrected chi connectivity index (χ2v) is 5.31. The van der Waals surface area contributed by atoms with Crippen LogP contribution in [0.5, 0.6) is 0 Å². The topological polar surface area (TPSA) is 49.4 Å². The van der Waals surface area contributed by atoms with Gasteiger partial charge >= 0.3 is 0 Å². The first-order valence-corrected chi connectivity index (χ1v) is 6.38. The van der Waals surface area contributed by atoms with Crippen molar-refractivity contribution in [1.82, 2.24) is 5.32 Å². The first-order chi connectivity index (χ1) is 9.27. The van der Waals surface area contributed by atoms with Crippen LogP contribution in [0.4, 0.5) is 14.5 Å². The van der Waals surface area contributed by atoms with Crippen molar-refractivity contribution in [3.63, 3.8) is 0 Å². The Morgan fingerprint density at radius 3 is 2.45 bits per heavy atom. The Morgan fingerprint density at radius 1 is 1.25 bits per heavy atom. The van der Waals surface area contributed by atoms with Crippen molar-refractivity contribution in [2.75, 3.05) is 4.90 Å². The molecule has 0 aromatic heterocycles. The van der Waals surface area contributed by atoms with Crippen LogP contribution < -0.4 is 10.2 Å². The zero-order valence-electron chi connectivity index (χ0n) is 11.5. The summed E-state index contributed by atoms with van der Waals surface area (Å²) in [6.45, 7) is 4.90. The molecule has 0 spiro atoms. The van der Waals surface area contributed by atoms with Gasteiger partial charge in [0.05, 0.1) is 0 Å². The molecule has 1 heterocycles. The van der Waals surface area contributed by atoms with Crippen LogP contribution in [0.1, 0.15) is 27.2 Å². The maximum Gasteiger partial charge on any atom is 0.252 e. The average Bonchev–Trinajstić information content (AvgIpc) is 2.36. The fourth-order valence-electron chi connectivity index (χ4n) is 2.30. The zero-order chi connectivity index (χ0) is 15.1. The molecular weight excluding hydrogens is 266 g/mol. The summed E-state index contributed by atoms with van der Waals surface area (Å²) in [4.78, 5) is 25.7. The van der Waals surface area contributed by atoms with Gasteiger partial charge in [0.25, 0.3) is 5.91 Å². The maximum absolute atomic E-state index is 13.4. The first kappa shape index (κ1) is 14.4. The summed E-state index contributed by atoms with van der Waals surface area (Å²) < 4.78 is 26.4. The predicted molar refractivity (Wildman–Crippen MR) is 70.1 cm³/mol. The molecule has 0 aliphatic carbocycles. The van der Waals surface area contributed by atoms with Gasteiger partial charge in [-0.15, -0.1) is 0 Å². The third-order valence-corrected chi connectivity index (χ3v) is 3.37. The maximum atomic E-state index is 13.4. The number of hydrogen-bond donors (Lipinski definition) is 1. The average molecular weight is 282 g/mol. The van der Waals surface area contributed by atoms with Gasteiger partial charge in [-0.05, 0) is 32.4 Å². The molecule has 1 unspecified atom stereocenters. The number of halogens is 2. The number of anilines is 1. The van der Waals surface area contributed by atoms with Crippen LogP contribution in [0.2, 0.25) is 0 Å². The second kappa shape index (κ2) is 4.85. The molecule has 1 fully saturated rings. The fourth-order valence-corrected chi connectivity index (χ4v) is 2.30. The van der Waals surface area contributed by atoms with E-state index in [1.54, 1.807) is 20.8 Å². The standard InChI is InChI=1S/C14H16F2N2O2/c1-4-11-12(19)17-14(2,3)13(20)18(11)8-5-6-9(15)10(16)7-8/h5-7,11H,4H2,1-3H3,(H,17,19). The van der Waals surface area contributed by atoms with Crippen LogP contribution >= 0.6 is 0 Å². The molecular formula is C14H16F2N2O2. The molecule has 1 atom stereocenters. The number of benzene rings is 1. The number of carbonyl (C=O) groups is 2. The molecule has 1 saturated heterocycles. The van der Waals surface area contributed by atoms with Gasteiger partial charge < -0.3 is 5.32 Å². The number of rotatable bonds is 2. The Hall–Kier alpha value is -1.98. The Labute approximate surface area is 115 Å². The number of carbonyl (C=O) groups excluding carboxylic acids is 2. The molecule has 2 amide bonds. The van der Waals surface area contributed by atoms with Crippen LogP contribution in [0.15, 0.2) is 18.2 Å². The summed E-state index contributed by atoms with van der Waals surface area (Å²) in [7, 11) is 0. The van der Waals surface area contributed by atoms with E-state index >= 15 is 0 Å². The first-order valence-electron chi connectivity index (χ1n) is 6.38. The summed E-state index contributed by atoms with van der Waals surface area (Å²) in [5, 5.41) is 2.63. The van der Waals surface area contributed by atoms with E-state index in [0.717, 1.165) is 12.1 Å². The minimum Gasteiger partial charge on any atom is -0.340 e. The van der Waals surface area contributed by atoms with Gasteiger partial charge in [0.1, 0.15) is 11.6 Å². The molecule has 108 valence electrons. The minimum atomic E-state index is -1.08. The normalized spacial score (nSPS) is 21.9. The number of piperazine rings is 1. The molecule has 1 aromatic carbocycles. The van der Waals surface area contributed by atoms with Gasteiger partial charge in [-0.25, -0.2) is 8.78 Å². The number of amides is 2. The lowest BCUT2D eigenvalue weighted by molar-refractivity contribution is -0.137. The third kappa shape index (κ3) is 2.26. The van der Waals surface area contributed by atoms with Crippen molar-refractivity contribution in [2.45, 2.75) is 38.8 Å². The molecule has 1 aliphatic rings. The molecule has 0 saturated carbocycles. The van der Waals surface area contributed by atoms with E-state index in [1.807, 2.05) is 0 Å². The summed E-state index contributed by atoms with van der Waals surface area (Å²) >= 11 is 0. The molecule has 20 heavy (non-hydrogen) atoms. The number of hydrogen-bond acceptors (Lipinski definition) is 2. The van der Waals surface area contributed by atoms with E-state index in [2.05, 4.69) is 5.32 Å². The molecule has 1 aromatic rings. The largest absolute Gasteiger partial charge is 0.340 e. The molecule has 0 radical (unpaired) electrons. The summed E-state index contributed by atoms with van der Waals surface area (Å²) in [6.07, 6.45) is 0.382. The SMILES string of the molecule is CCC1C(=O)NC(C)(C)C(=O)N1c1ccc(F)c(F)c1. The highest BCUT2D eigenvalue weighted by Crippen LogP contribution is 2.27. The molecule has 1 aliphatic heterocycles. The Bertz CT molecular complexity index is 572. The highest BCUT2D eigenvalue weighted by atomic mass is 19.2. The zero-order valence-corrected chi connectivity index (χ0v) is 11.5. The summed E-state index contributed by atoms with van der Waals surface area (Å²) in [5.74, 6) is -2.69. The van der Waals surface area contributed by atoms with Crippen LogP contribution in [0.3, 0.4) is 0 Å². The lowest BCUT2D eigenvalue weighted by Gasteiger charge is -2.42. The van der Waals surface area contributed by atoms with Crippen molar-refractivity contribution in [1.29, 1.82) is 0 Å². The minimum absolute atomic E-state index is 0.184. The monoisotopic (exact) mass is 282 g/mol. The summed E-state index contributed by atoms with van der Waals surface area (Å²) in [5.41, 5.74) is -0.892. The Kier molecular flexibility index (Phi) is 3.50. The fraction of sp³-hybridized carbons (Fsp3) is 0.429. The van der Waals surface area contributed by atoms with Crippen LogP contribution in [-0.2, 0) is 9.59 Å². The van der Waals surface area contributed by atoms with Gasteiger partial charge in [0, 0.05) is 11.8 Å². The van der Waals surface area contributed by atoms with Crippen molar-refractivity contribution in [3.05, 3.63) is 29.8 Å². The van der Waals surface area contributed by atoms with E-state index in [-0.39, 0.29) is 17.5 Å².